The van der Waals surface area contributed by atoms with Gasteiger partial charge >= 0.3 is 0 Å². The zero-order valence-electron chi connectivity index (χ0n) is 24.0. The summed E-state index contributed by atoms with van der Waals surface area (Å²) in [6.07, 6.45) is 1.41. The number of fused-ring (bicyclic) bond motifs is 1. The lowest BCUT2D eigenvalue weighted by Gasteiger charge is -2.37. The normalized spacial score (nSPS) is 31.1. The molecule has 3 amide bonds. The maximum atomic E-state index is 14.5. The SMILES string of the molecule is C[C@@]12CCC3(S1)C(C(=O)NCCN1CCOCC1)N([C@H](CO)c1ccccc1)C(=O)[C@@H]3[C@@H]2C(=O)NCc1ccccc1. The Kier molecular flexibility index (Phi) is 8.33. The van der Waals surface area contributed by atoms with Crippen LogP contribution in [0, 0.1) is 11.8 Å². The van der Waals surface area contributed by atoms with Crippen molar-refractivity contribution in [3.8, 4) is 0 Å². The second kappa shape index (κ2) is 12.0. The zero-order valence-corrected chi connectivity index (χ0v) is 24.9. The van der Waals surface area contributed by atoms with E-state index in [9.17, 15) is 19.5 Å². The Morgan fingerprint density at radius 3 is 2.40 bits per heavy atom. The number of hydrogen-bond acceptors (Lipinski definition) is 7. The minimum atomic E-state index is -0.796. The van der Waals surface area contributed by atoms with E-state index in [1.54, 1.807) is 16.7 Å². The number of carbonyl (C=O) groups excluding carboxylic acids is 3. The van der Waals surface area contributed by atoms with Gasteiger partial charge in [0.15, 0.2) is 0 Å². The molecule has 2 bridgehead atoms. The molecule has 0 radical (unpaired) electrons. The van der Waals surface area contributed by atoms with Crippen LogP contribution in [0.5, 0.6) is 0 Å². The van der Waals surface area contributed by atoms with Gasteiger partial charge in [0.1, 0.15) is 6.04 Å². The average Bonchev–Trinajstić information content (AvgIpc) is 3.59. The van der Waals surface area contributed by atoms with Crippen molar-refractivity contribution in [3.63, 3.8) is 0 Å². The van der Waals surface area contributed by atoms with Crippen molar-refractivity contribution >= 4 is 29.5 Å². The molecule has 10 heteroatoms. The van der Waals surface area contributed by atoms with Gasteiger partial charge in [-0.15, -0.1) is 11.8 Å². The van der Waals surface area contributed by atoms with Crippen LogP contribution < -0.4 is 10.6 Å². The monoisotopic (exact) mass is 592 g/mol. The summed E-state index contributed by atoms with van der Waals surface area (Å²) >= 11 is 1.65. The van der Waals surface area contributed by atoms with Gasteiger partial charge in [0.25, 0.3) is 0 Å². The molecule has 4 saturated heterocycles. The Labute approximate surface area is 251 Å². The number of likely N-dealkylation sites (tertiary alicyclic amines) is 1. The van der Waals surface area contributed by atoms with Gasteiger partial charge in [-0.2, -0.15) is 0 Å². The predicted octanol–water partition coefficient (Wildman–Crippen LogP) is 1.97. The topological polar surface area (TPSA) is 111 Å². The number of nitrogens with one attached hydrogen (secondary N) is 2. The summed E-state index contributed by atoms with van der Waals surface area (Å²) in [5, 5.41) is 16.9. The van der Waals surface area contributed by atoms with Crippen molar-refractivity contribution in [2.24, 2.45) is 11.8 Å². The first-order valence-electron chi connectivity index (χ1n) is 15.0. The molecule has 0 saturated carbocycles. The molecule has 0 aromatic heterocycles. The van der Waals surface area contributed by atoms with E-state index in [1.807, 2.05) is 60.7 Å². The Morgan fingerprint density at radius 2 is 1.71 bits per heavy atom. The van der Waals surface area contributed by atoms with Crippen LogP contribution in [0.15, 0.2) is 60.7 Å². The number of ether oxygens (including phenoxy) is 1. The van der Waals surface area contributed by atoms with Gasteiger partial charge in [-0.25, -0.2) is 0 Å². The number of amides is 3. The van der Waals surface area contributed by atoms with E-state index < -0.39 is 33.4 Å². The van der Waals surface area contributed by atoms with Crippen LogP contribution in [0.2, 0.25) is 0 Å². The summed E-state index contributed by atoms with van der Waals surface area (Å²) < 4.78 is 4.24. The second-order valence-electron chi connectivity index (χ2n) is 12.0. The smallest absolute Gasteiger partial charge is 0.244 e. The molecule has 2 aromatic carbocycles. The van der Waals surface area contributed by atoms with Crippen molar-refractivity contribution in [1.82, 2.24) is 20.4 Å². The number of aliphatic hydroxyl groups is 1. The number of benzene rings is 2. The first-order chi connectivity index (χ1) is 20.4. The molecule has 0 aliphatic carbocycles. The number of thioether (sulfide) groups is 1. The molecule has 4 fully saturated rings. The molecule has 6 rings (SSSR count). The minimum absolute atomic E-state index is 0.151. The van der Waals surface area contributed by atoms with Gasteiger partial charge in [0.05, 0.1) is 42.4 Å². The highest BCUT2D eigenvalue weighted by Crippen LogP contribution is 2.72. The van der Waals surface area contributed by atoms with Crippen molar-refractivity contribution in [1.29, 1.82) is 0 Å². The lowest BCUT2D eigenvalue weighted by atomic mass is 9.66. The first-order valence-corrected chi connectivity index (χ1v) is 15.8. The third-order valence-electron chi connectivity index (χ3n) is 9.58. The fraction of sp³-hybridized carbons (Fsp3) is 0.531. The van der Waals surface area contributed by atoms with Crippen molar-refractivity contribution in [3.05, 3.63) is 71.8 Å². The highest BCUT2D eigenvalue weighted by Gasteiger charge is 2.77. The number of morpholine rings is 1. The van der Waals surface area contributed by atoms with E-state index in [0.717, 1.165) is 30.6 Å². The van der Waals surface area contributed by atoms with E-state index in [-0.39, 0.29) is 24.3 Å². The highest BCUT2D eigenvalue weighted by molar-refractivity contribution is 8.02. The largest absolute Gasteiger partial charge is 0.394 e. The lowest BCUT2D eigenvalue weighted by Crippen LogP contribution is -2.55. The summed E-state index contributed by atoms with van der Waals surface area (Å²) in [7, 11) is 0. The van der Waals surface area contributed by atoms with Crippen LogP contribution in [0.4, 0.5) is 0 Å². The Hall–Kier alpha value is -2.92. The molecule has 2 aromatic rings. The number of carbonyl (C=O) groups is 3. The third-order valence-corrected chi connectivity index (χ3v) is 11.6. The number of aliphatic hydroxyl groups excluding tert-OH is 1. The molecule has 3 N–H and O–H groups in total. The van der Waals surface area contributed by atoms with Crippen LogP contribution >= 0.6 is 11.8 Å². The summed E-state index contributed by atoms with van der Waals surface area (Å²) in [5.74, 6) is -1.80. The van der Waals surface area contributed by atoms with Gasteiger partial charge in [-0.3, -0.25) is 19.3 Å². The maximum absolute atomic E-state index is 14.5. The molecule has 6 atom stereocenters. The maximum Gasteiger partial charge on any atom is 0.244 e. The fourth-order valence-electron chi connectivity index (χ4n) is 7.58. The van der Waals surface area contributed by atoms with Gasteiger partial charge in [0.2, 0.25) is 17.7 Å². The van der Waals surface area contributed by atoms with Crippen molar-refractivity contribution in [2.75, 3.05) is 46.0 Å². The molecular weight excluding hydrogens is 552 g/mol. The Balaban J connectivity index is 1.30. The third kappa shape index (κ3) is 5.12. The predicted molar refractivity (Wildman–Crippen MR) is 160 cm³/mol. The van der Waals surface area contributed by atoms with E-state index in [0.29, 0.717) is 39.3 Å². The van der Waals surface area contributed by atoms with Crippen LogP contribution in [0.25, 0.3) is 0 Å². The first kappa shape index (κ1) is 29.2. The molecule has 4 heterocycles. The van der Waals surface area contributed by atoms with E-state index >= 15 is 0 Å². The second-order valence-corrected chi connectivity index (χ2v) is 13.9. The molecule has 4 aliphatic heterocycles. The molecular formula is C32H40N4O5S. The lowest BCUT2D eigenvalue weighted by molar-refractivity contribution is -0.143. The van der Waals surface area contributed by atoms with Gasteiger partial charge < -0.3 is 25.4 Å². The van der Waals surface area contributed by atoms with Crippen molar-refractivity contribution in [2.45, 2.75) is 47.9 Å². The van der Waals surface area contributed by atoms with Crippen LogP contribution in [-0.4, -0.2) is 94.2 Å². The van der Waals surface area contributed by atoms with Gasteiger partial charge in [0, 0.05) is 37.5 Å². The van der Waals surface area contributed by atoms with Crippen LogP contribution in [0.1, 0.15) is 36.9 Å². The van der Waals surface area contributed by atoms with E-state index in [2.05, 4.69) is 22.5 Å². The molecule has 9 nitrogen and oxygen atoms in total. The summed E-state index contributed by atoms with van der Waals surface area (Å²) in [6.45, 7) is 6.30. The highest BCUT2D eigenvalue weighted by atomic mass is 32.2. The van der Waals surface area contributed by atoms with Crippen LogP contribution in [0.3, 0.4) is 0 Å². The quantitative estimate of drug-likeness (QED) is 0.387. The molecule has 42 heavy (non-hydrogen) atoms. The summed E-state index contributed by atoms with van der Waals surface area (Å²) in [6, 6.07) is 17.6. The molecule has 2 unspecified atom stereocenters. The average molecular weight is 593 g/mol. The Morgan fingerprint density at radius 1 is 1.02 bits per heavy atom. The number of hydrogen-bond donors (Lipinski definition) is 3. The molecule has 4 aliphatic rings. The number of rotatable bonds is 10. The van der Waals surface area contributed by atoms with Crippen LogP contribution in [-0.2, 0) is 25.7 Å². The number of nitrogens with zero attached hydrogens (tertiary/aromatic N) is 2. The summed E-state index contributed by atoms with van der Waals surface area (Å²) in [5.41, 5.74) is 1.76. The van der Waals surface area contributed by atoms with Crippen molar-refractivity contribution < 1.29 is 24.2 Å². The van der Waals surface area contributed by atoms with E-state index in [1.165, 1.54) is 0 Å². The fourth-order valence-corrected chi connectivity index (χ4v) is 9.93. The zero-order chi connectivity index (χ0) is 29.3. The molecule has 224 valence electrons. The minimum Gasteiger partial charge on any atom is -0.394 e. The summed E-state index contributed by atoms with van der Waals surface area (Å²) in [4.78, 5) is 46.4. The standard InChI is InChI=1S/C32H40N4O5S/c1-31-12-13-32(42-31)26(25(31)28(38)34-20-22-8-4-2-5-9-22)30(40)36(24(21-37)23-10-6-3-7-11-23)27(32)29(39)33-14-15-35-16-18-41-19-17-35/h2-11,24-27,37H,12-21H2,1H3,(H,33,39)(H,34,38)/t24-,25-,26+,27?,31+,32?/m1/s1. The molecule has 1 spiro atoms. The van der Waals surface area contributed by atoms with Gasteiger partial charge in [-0.05, 0) is 30.9 Å². The van der Waals surface area contributed by atoms with Gasteiger partial charge in [-0.1, -0.05) is 60.7 Å². The Bertz CT molecular complexity index is 1290. The van der Waals surface area contributed by atoms with E-state index in [4.69, 9.17) is 4.74 Å².